The summed E-state index contributed by atoms with van der Waals surface area (Å²) < 4.78 is 14.8. The predicted molar refractivity (Wildman–Crippen MR) is 89.8 cm³/mol. The molecule has 1 aromatic carbocycles. The molecule has 7 heteroatoms. The van der Waals surface area contributed by atoms with Gasteiger partial charge in [-0.05, 0) is 38.1 Å². The molecule has 0 amide bonds. The van der Waals surface area contributed by atoms with E-state index in [1.54, 1.807) is 10.9 Å². The van der Waals surface area contributed by atoms with Crippen LogP contribution in [-0.2, 0) is 20.2 Å². The smallest absolute Gasteiger partial charge is 0.188 e. The summed E-state index contributed by atoms with van der Waals surface area (Å²) in [6.07, 6.45) is 3.71. The molecule has 0 unspecified atom stereocenters. The zero-order valence-corrected chi connectivity index (χ0v) is 14.1. The maximum absolute atomic E-state index is 5.76. The van der Waals surface area contributed by atoms with Gasteiger partial charge in [0.15, 0.2) is 11.6 Å². The molecule has 7 nitrogen and oxygen atoms in total. The fourth-order valence-corrected chi connectivity index (χ4v) is 2.37. The third-order valence-corrected chi connectivity index (χ3v) is 3.48. The van der Waals surface area contributed by atoms with Crippen molar-refractivity contribution in [3.63, 3.8) is 0 Å². The van der Waals surface area contributed by atoms with E-state index in [4.69, 9.17) is 9.47 Å². The number of hydrogen-bond acceptors (Lipinski definition) is 5. The van der Waals surface area contributed by atoms with Gasteiger partial charge in [-0.3, -0.25) is 4.68 Å². The maximum Gasteiger partial charge on any atom is 0.188 e. The van der Waals surface area contributed by atoms with E-state index in [2.05, 4.69) is 15.2 Å². The van der Waals surface area contributed by atoms with Crippen LogP contribution in [0.3, 0.4) is 0 Å². The molecule has 3 rings (SSSR count). The number of rotatable bonds is 7. The van der Waals surface area contributed by atoms with E-state index < -0.39 is 0 Å². The van der Waals surface area contributed by atoms with Crippen molar-refractivity contribution in [3.8, 4) is 22.9 Å². The molecule has 2 aromatic heterocycles. The quantitative estimate of drug-likeness (QED) is 0.667. The number of ether oxygens (including phenoxy) is 2. The number of hydrogen-bond donors (Lipinski definition) is 0. The van der Waals surface area contributed by atoms with Crippen molar-refractivity contribution in [2.45, 2.75) is 27.0 Å². The van der Waals surface area contributed by atoms with Crippen LogP contribution < -0.4 is 9.47 Å². The van der Waals surface area contributed by atoms with Gasteiger partial charge in [-0.2, -0.15) is 10.2 Å². The maximum atomic E-state index is 5.76. The molecular weight excluding hydrogens is 306 g/mol. The fourth-order valence-electron chi connectivity index (χ4n) is 2.37. The summed E-state index contributed by atoms with van der Waals surface area (Å²) in [6, 6.07) is 7.53. The SMILES string of the molecule is CCOc1ccc(OCc2nc(-c3cnn(C)c3)n(CC)n2)cc1. The second-order valence-corrected chi connectivity index (χ2v) is 5.26. The Bertz CT molecular complexity index is 792. The Balaban J connectivity index is 1.70. The lowest BCUT2D eigenvalue weighted by Crippen LogP contribution is -2.01. The first-order valence-corrected chi connectivity index (χ1v) is 7.98. The molecule has 2 heterocycles. The summed E-state index contributed by atoms with van der Waals surface area (Å²) in [5.41, 5.74) is 0.944. The summed E-state index contributed by atoms with van der Waals surface area (Å²) in [5.74, 6) is 3.03. The second-order valence-electron chi connectivity index (χ2n) is 5.26. The van der Waals surface area contributed by atoms with Gasteiger partial charge in [-0.1, -0.05) is 0 Å². The molecule has 0 saturated carbocycles. The highest BCUT2D eigenvalue weighted by atomic mass is 16.5. The average molecular weight is 327 g/mol. The molecule has 0 aliphatic carbocycles. The molecule has 0 aliphatic rings. The van der Waals surface area contributed by atoms with E-state index in [-0.39, 0.29) is 0 Å². The van der Waals surface area contributed by atoms with E-state index in [1.807, 2.05) is 56.0 Å². The highest BCUT2D eigenvalue weighted by Gasteiger charge is 2.13. The van der Waals surface area contributed by atoms with Crippen molar-refractivity contribution >= 4 is 0 Å². The minimum atomic E-state index is 0.314. The number of aromatic nitrogens is 5. The zero-order chi connectivity index (χ0) is 16.9. The summed E-state index contributed by atoms with van der Waals surface area (Å²) in [4.78, 5) is 4.58. The normalized spacial score (nSPS) is 10.8. The lowest BCUT2D eigenvalue weighted by Gasteiger charge is -2.05. The van der Waals surface area contributed by atoms with Gasteiger partial charge in [0.2, 0.25) is 0 Å². The summed E-state index contributed by atoms with van der Waals surface area (Å²) >= 11 is 0. The molecule has 0 spiro atoms. The molecule has 0 saturated heterocycles. The van der Waals surface area contributed by atoms with Crippen LogP contribution in [0.4, 0.5) is 0 Å². The van der Waals surface area contributed by atoms with Gasteiger partial charge in [-0.15, -0.1) is 0 Å². The topological polar surface area (TPSA) is 67.0 Å². The molecule has 0 fully saturated rings. The Morgan fingerprint density at radius 3 is 2.33 bits per heavy atom. The van der Waals surface area contributed by atoms with Crippen molar-refractivity contribution < 1.29 is 9.47 Å². The Labute approximate surface area is 140 Å². The van der Waals surface area contributed by atoms with Crippen molar-refractivity contribution in [2.75, 3.05) is 6.61 Å². The Hall–Kier alpha value is -2.83. The minimum absolute atomic E-state index is 0.314. The molecule has 0 aliphatic heterocycles. The Morgan fingerprint density at radius 2 is 1.75 bits per heavy atom. The monoisotopic (exact) mass is 327 g/mol. The van der Waals surface area contributed by atoms with Crippen LogP contribution in [0.25, 0.3) is 11.4 Å². The molecule has 0 atom stereocenters. The van der Waals surface area contributed by atoms with Crippen LogP contribution in [0.2, 0.25) is 0 Å². The largest absolute Gasteiger partial charge is 0.494 e. The van der Waals surface area contributed by atoms with E-state index in [0.29, 0.717) is 19.0 Å². The summed E-state index contributed by atoms with van der Waals surface area (Å²) in [5, 5.41) is 8.68. The summed E-state index contributed by atoms with van der Waals surface area (Å²) in [7, 11) is 1.88. The van der Waals surface area contributed by atoms with Crippen LogP contribution in [0.1, 0.15) is 19.7 Å². The molecule has 0 radical (unpaired) electrons. The highest BCUT2D eigenvalue weighted by Crippen LogP contribution is 2.20. The van der Waals surface area contributed by atoms with E-state index in [9.17, 15) is 0 Å². The second kappa shape index (κ2) is 7.16. The van der Waals surface area contributed by atoms with Gasteiger partial charge in [0.25, 0.3) is 0 Å². The fraction of sp³-hybridized carbons (Fsp3) is 0.353. The molecular formula is C17H21N5O2. The first-order valence-electron chi connectivity index (χ1n) is 7.98. The van der Waals surface area contributed by atoms with Crippen LogP contribution in [-0.4, -0.2) is 31.2 Å². The first-order chi connectivity index (χ1) is 11.7. The zero-order valence-electron chi connectivity index (χ0n) is 14.1. The Kier molecular flexibility index (Phi) is 4.79. The van der Waals surface area contributed by atoms with Gasteiger partial charge in [0.05, 0.1) is 18.4 Å². The van der Waals surface area contributed by atoms with Gasteiger partial charge in [0.1, 0.15) is 18.1 Å². The molecule has 0 N–H and O–H groups in total. The van der Waals surface area contributed by atoms with Gasteiger partial charge >= 0.3 is 0 Å². The minimum Gasteiger partial charge on any atom is -0.494 e. The van der Waals surface area contributed by atoms with Crippen molar-refractivity contribution in [2.24, 2.45) is 7.05 Å². The van der Waals surface area contributed by atoms with Gasteiger partial charge in [0, 0.05) is 19.8 Å². The number of benzene rings is 1. The lowest BCUT2D eigenvalue weighted by atomic mass is 10.3. The molecule has 24 heavy (non-hydrogen) atoms. The van der Waals surface area contributed by atoms with E-state index in [1.165, 1.54) is 0 Å². The van der Waals surface area contributed by atoms with Crippen molar-refractivity contribution in [3.05, 3.63) is 42.5 Å². The predicted octanol–water partition coefficient (Wildman–Crippen LogP) is 2.68. The standard InChI is InChI=1S/C17H21N5O2/c1-4-22-17(13-10-18-21(3)11-13)19-16(20-22)12-24-15-8-6-14(7-9-15)23-5-2/h6-11H,4-5,12H2,1-3H3. The van der Waals surface area contributed by atoms with Crippen LogP contribution >= 0.6 is 0 Å². The summed E-state index contributed by atoms with van der Waals surface area (Å²) in [6.45, 7) is 5.69. The van der Waals surface area contributed by atoms with Gasteiger partial charge in [-0.25, -0.2) is 9.67 Å². The highest BCUT2D eigenvalue weighted by molar-refractivity contribution is 5.52. The van der Waals surface area contributed by atoms with Crippen LogP contribution in [0.5, 0.6) is 11.5 Å². The Morgan fingerprint density at radius 1 is 1.04 bits per heavy atom. The average Bonchev–Trinajstić information content (AvgIpc) is 3.20. The molecule has 3 aromatic rings. The van der Waals surface area contributed by atoms with Crippen LogP contribution in [0, 0.1) is 0 Å². The van der Waals surface area contributed by atoms with Crippen molar-refractivity contribution in [1.29, 1.82) is 0 Å². The lowest BCUT2D eigenvalue weighted by molar-refractivity contribution is 0.293. The van der Waals surface area contributed by atoms with E-state index in [0.717, 1.165) is 29.4 Å². The van der Waals surface area contributed by atoms with Crippen molar-refractivity contribution in [1.82, 2.24) is 24.5 Å². The third kappa shape index (κ3) is 3.56. The third-order valence-electron chi connectivity index (χ3n) is 3.48. The first kappa shape index (κ1) is 16.0. The molecule has 0 bridgehead atoms. The molecule has 126 valence electrons. The van der Waals surface area contributed by atoms with E-state index >= 15 is 0 Å². The van der Waals surface area contributed by atoms with Gasteiger partial charge < -0.3 is 9.47 Å². The number of aryl methyl sites for hydroxylation is 2. The van der Waals surface area contributed by atoms with Crippen LogP contribution in [0.15, 0.2) is 36.7 Å². The number of nitrogens with zero attached hydrogens (tertiary/aromatic N) is 5.